The number of nitro benzene ring substituents is 1. The van der Waals surface area contributed by atoms with Gasteiger partial charge in [0.05, 0.1) is 11.0 Å². The highest BCUT2D eigenvalue weighted by molar-refractivity contribution is 5.35. The molecule has 0 spiro atoms. The molecule has 0 aliphatic heterocycles. The highest BCUT2D eigenvalue weighted by Gasteiger charge is 2.39. The van der Waals surface area contributed by atoms with Gasteiger partial charge in [0, 0.05) is 11.6 Å². The first-order valence-corrected chi connectivity index (χ1v) is 3.99. The first kappa shape index (κ1) is 12.4. The van der Waals surface area contributed by atoms with Crippen molar-refractivity contribution in [1.82, 2.24) is 0 Å². The van der Waals surface area contributed by atoms with E-state index in [1.807, 2.05) is 0 Å². The summed E-state index contributed by atoms with van der Waals surface area (Å²) in [6.45, 7) is 0. The van der Waals surface area contributed by atoms with E-state index in [4.69, 9.17) is 5.73 Å². The van der Waals surface area contributed by atoms with Crippen LogP contribution in [0.3, 0.4) is 0 Å². The molecule has 0 aliphatic rings. The molecular weight excluding hydrogens is 232 g/mol. The number of rotatable bonds is 2. The average Bonchev–Trinajstić information content (AvgIpc) is 2.15. The summed E-state index contributed by atoms with van der Waals surface area (Å²) in [6.07, 6.45) is -4.79. The van der Waals surface area contributed by atoms with Crippen LogP contribution in [-0.4, -0.2) is 11.1 Å². The first-order chi connectivity index (χ1) is 7.23. The summed E-state index contributed by atoms with van der Waals surface area (Å²) in [5.41, 5.74) is 3.31. The number of hydrogen-bond donors (Lipinski definition) is 1. The quantitative estimate of drug-likeness (QED) is 0.488. The number of halogens is 4. The van der Waals surface area contributed by atoms with E-state index >= 15 is 0 Å². The van der Waals surface area contributed by atoms with Crippen LogP contribution in [0.15, 0.2) is 18.2 Å². The fourth-order valence-electron chi connectivity index (χ4n) is 1.06. The third-order valence-corrected chi connectivity index (χ3v) is 1.88. The van der Waals surface area contributed by atoms with Crippen molar-refractivity contribution in [3.63, 3.8) is 0 Å². The molecule has 0 aromatic heterocycles. The summed E-state index contributed by atoms with van der Waals surface area (Å²) in [5.74, 6) is -1.35. The topological polar surface area (TPSA) is 69.2 Å². The Kier molecular flexibility index (Phi) is 3.13. The summed E-state index contributed by atoms with van der Waals surface area (Å²) in [6, 6.07) is -0.662. The van der Waals surface area contributed by atoms with E-state index in [2.05, 4.69) is 0 Å². The van der Waals surface area contributed by atoms with Crippen molar-refractivity contribution in [3.8, 4) is 0 Å². The number of nitrogens with zero attached hydrogens (tertiary/aromatic N) is 1. The molecule has 0 radical (unpaired) electrons. The van der Waals surface area contributed by atoms with Crippen LogP contribution in [0.1, 0.15) is 11.6 Å². The Hall–Kier alpha value is -1.70. The molecule has 1 aromatic carbocycles. The van der Waals surface area contributed by atoms with Crippen molar-refractivity contribution in [3.05, 3.63) is 39.7 Å². The van der Waals surface area contributed by atoms with Gasteiger partial charge in [0.25, 0.3) is 5.69 Å². The van der Waals surface area contributed by atoms with Crippen LogP contribution in [-0.2, 0) is 0 Å². The zero-order valence-electron chi connectivity index (χ0n) is 7.66. The Morgan fingerprint density at radius 1 is 1.38 bits per heavy atom. The molecular formula is C8H6F4N2O2. The van der Waals surface area contributed by atoms with Crippen molar-refractivity contribution in [2.24, 2.45) is 5.73 Å². The van der Waals surface area contributed by atoms with Crippen molar-refractivity contribution in [2.45, 2.75) is 12.2 Å². The van der Waals surface area contributed by atoms with E-state index in [1.54, 1.807) is 0 Å². The highest BCUT2D eigenvalue weighted by atomic mass is 19.4. The van der Waals surface area contributed by atoms with Gasteiger partial charge in [0.1, 0.15) is 11.9 Å². The van der Waals surface area contributed by atoms with Gasteiger partial charge in [-0.2, -0.15) is 13.2 Å². The molecule has 0 amide bonds. The largest absolute Gasteiger partial charge is 0.407 e. The van der Waals surface area contributed by atoms with Gasteiger partial charge < -0.3 is 5.73 Å². The number of hydrogen-bond acceptors (Lipinski definition) is 3. The fraction of sp³-hybridized carbons (Fsp3) is 0.250. The Balaban J connectivity index is 3.13. The maximum atomic E-state index is 13.1. The van der Waals surface area contributed by atoms with E-state index in [0.717, 1.165) is 6.07 Å². The lowest BCUT2D eigenvalue weighted by molar-refractivity contribution is -0.385. The van der Waals surface area contributed by atoms with Crippen molar-refractivity contribution in [1.29, 1.82) is 0 Å². The molecule has 0 heterocycles. The van der Waals surface area contributed by atoms with Crippen LogP contribution >= 0.6 is 0 Å². The summed E-state index contributed by atoms with van der Waals surface area (Å²) < 4.78 is 49.6. The lowest BCUT2D eigenvalue weighted by Gasteiger charge is -2.16. The standard InChI is InChI=1S/C8H6F4N2O2/c9-6-3-4(14(15)16)1-2-5(6)7(13)8(10,11)12/h1-3,7H,13H2. The van der Waals surface area contributed by atoms with Crippen LogP contribution in [0.25, 0.3) is 0 Å². The number of benzene rings is 1. The molecule has 0 saturated heterocycles. The summed E-state index contributed by atoms with van der Waals surface area (Å²) in [4.78, 5) is 9.31. The molecule has 1 rings (SSSR count). The fourth-order valence-corrected chi connectivity index (χ4v) is 1.06. The van der Waals surface area contributed by atoms with E-state index in [-0.39, 0.29) is 0 Å². The molecule has 1 aromatic rings. The minimum Gasteiger partial charge on any atom is -0.316 e. The van der Waals surface area contributed by atoms with E-state index < -0.39 is 34.2 Å². The van der Waals surface area contributed by atoms with Gasteiger partial charge in [-0.15, -0.1) is 0 Å². The lowest BCUT2D eigenvalue weighted by Crippen LogP contribution is -2.29. The van der Waals surface area contributed by atoms with Gasteiger partial charge in [-0.25, -0.2) is 4.39 Å². The average molecular weight is 238 g/mol. The highest BCUT2D eigenvalue weighted by Crippen LogP contribution is 2.32. The molecule has 0 bridgehead atoms. The van der Waals surface area contributed by atoms with E-state index in [1.165, 1.54) is 0 Å². The number of alkyl halides is 3. The second-order valence-corrected chi connectivity index (χ2v) is 2.98. The van der Waals surface area contributed by atoms with Crippen LogP contribution in [0, 0.1) is 15.9 Å². The molecule has 8 heteroatoms. The first-order valence-electron chi connectivity index (χ1n) is 3.99. The molecule has 16 heavy (non-hydrogen) atoms. The number of nitrogens with two attached hydrogens (primary N) is 1. The minimum atomic E-state index is -4.79. The van der Waals surface area contributed by atoms with Gasteiger partial charge in [-0.05, 0) is 6.07 Å². The number of nitro groups is 1. The van der Waals surface area contributed by atoms with Crippen LogP contribution in [0.5, 0.6) is 0 Å². The summed E-state index contributed by atoms with van der Waals surface area (Å²) >= 11 is 0. The Morgan fingerprint density at radius 3 is 2.31 bits per heavy atom. The van der Waals surface area contributed by atoms with Gasteiger partial charge in [-0.1, -0.05) is 0 Å². The van der Waals surface area contributed by atoms with Crippen molar-refractivity contribution >= 4 is 5.69 Å². The Bertz CT molecular complexity index is 419. The van der Waals surface area contributed by atoms with Crippen LogP contribution in [0.4, 0.5) is 23.2 Å². The van der Waals surface area contributed by atoms with E-state index in [0.29, 0.717) is 12.1 Å². The summed E-state index contributed by atoms with van der Waals surface area (Å²) in [7, 11) is 0. The maximum Gasteiger partial charge on any atom is 0.407 e. The third kappa shape index (κ3) is 2.45. The predicted octanol–water partition coefficient (Wildman–Crippen LogP) is 2.30. The lowest BCUT2D eigenvalue weighted by atomic mass is 10.1. The smallest absolute Gasteiger partial charge is 0.316 e. The third-order valence-electron chi connectivity index (χ3n) is 1.88. The predicted molar refractivity (Wildman–Crippen MR) is 46.0 cm³/mol. The number of non-ortho nitro benzene ring substituents is 1. The molecule has 1 atom stereocenters. The normalized spacial score (nSPS) is 13.6. The van der Waals surface area contributed by atoms with Crippen molar-refractivity contribution < 1.29 is 22.5 Å². The molecule has 0 aliphatic carbocycles. The second kappa shape index (κ2) is 4.05. The second-order valence-electron chi connectivity index (χ2n) is 2.98. The molecule has 0 fully saturated rings. The van der Waals surface area contributed by atoms with Crippen LogP contribution in [0.2, 0.25) is 0 Å². The Labute approximate surface area is 86.8 Å². The molecule has 1 unspecified atom stereocenters. The molecule has 0 saturated carbocycles. The zero-order valence-corrected chi connectivity index (χ0v) is 7.66. The van der Waals surface area contributed by atoms with Gasteiger partial charge in [0.15, 0.2) is 0 Å². The maximum absolute atomic E-state index is 13.1. The molecule has 4 nitrogen and oxygen atoms in total. The Morgan fingerprint density at radius 2 is 1.94 bits per heavy atom. The van der Waals surface area contributed by atoms with Crippen LogP contribution < -0.4 is 5.73 Å². The zero-order chi connectivity index (χ0) is 12.5. The van der Waals surface area contributed by atoms with Gasteiger partial charge in [0.2, 0.25) is 0 Å². The SMILES string of the molecule is NC(c1ccc([N+](=O)[O-])cc1F)C(F)(F)F. The van der Waals surface area contributed by atoms with Crippen molar-refractivity contribution in [2.75, 3.05) is 0 Å². The summed E-state index contributed by atoms with van der Waals surface area (Å²) in [5, 5.41) is 10.2. The minimum absolute atomic E-state index is 0.404. The molecule has 88 valence electrons. The van der Waals surface area contributed by atoms with Gasteiger partial charge >= 0.3 is 6.18 Å². The molecule has 2 N–H and O–H groups in total. The monoisotopic (exact) mass is 238 g/mol. The van der Waals surface area contributed by atoms with Gasteiger partial charge in [-0.3, -0.25) is 10.1 Å². The van der Waals surface area contributed by atoms with E-state index in [9.17, 15) is 27.7 Å².